The van der Waals surface area contributed by atoms with Gasteiger partial charge in [0.15, 0.2) is 6.61 Å². The Labute approximate surface area is 198 Å². The molecular weight excluding hydrogens is 436 g/mol. The lowest BCUT2D eigenvalue weighted by Crippen LogP contribution is -2.42. The molecule has 1 aliphatic carbocycles. The molecule has 8 nitrogen and oxygen atoms in total. The van der Waals surface area contributed by atoms with Crippen LogP contribution in [-0.4, -0.2) is 42.9 Å². The Morgan fingerprint density at radius 3 is 2.41 bits per heavy atom. The maximum atomic E-state index is 13.0. The fourth-order valence-electron chi connectivity index (χ4n) is 4.45. The highest BCUT2D eigenvalue weighted by Crippen LogP contribution is 2.30. The molecule has 3 amide bonds. The number of hydrogen-bond donors (Lipinski definition) is 1. The van der Waals surface area contributed by atoms with Crippen molar-refractivity contribution in [1.29, 1.82) is 0 Å². The van der Waals surface area contributed by atoms with Gasteiger partial charge in [0.2, 0.25) is 0 Å². The largest absolute Gasteiger partial charge is 0.494 e. The first-order valence-electron chi connectivity index (χ1n) is 11.6. The van der Waals surface area contributed by atoms with Crippen LogP contribution in [0.4, 0.5) is 5.69 Å². The molecule has 2 aromatic carbocycles. The molecule has 0 saturated heterocycles. The number of imide groups is 1. The van der Waals surface area contributed by atoms with E-state index in [0.717, 1.165) is 30.6 Å². The highest BCUT2D eigenvalue weighted by Gasteiger charge is 2.37. The van der Waals surface area contributed by atoms with E-state index in [1.807, 2.05) is 6.92 Å². The Bertz CT molecular complexity index is 1110. The van der Waals surface area contributed by atoms with Crippen molar-refractivity contribution in [3.05, 3.63) is 59.2 Å². The summed E-state index contributed by atoms with van der Waals surface area (Å²) >= 11 is 0. The fourth-order valence-corrected chi connectivity index (χ4v) is 4.45. The first-order valence-corrected chi connectivity index (χ1v) is 11.6. The summed E-state index contributed by atoms with van der Waals surface area (Å²) in [4.78, 5) is 51.6. The van der Waals surface area contributed by atoms with Gasteiger partial charge in [0, 0.05) is 6.04 Å². The van der Waals surface area contributed by atoms with Crippen LogP contribution in [0, 0.1) is 5.92 Å². The van der Waals surface area contributed by atoms with E-state index in [2.05, 4.69) is 12.2 Å². The smallest absolute Gasteiger partial charge is 0.338 e. The van der Waals surface area contributed by atoms with E-state index in [-0.39, 0.29) is 28.6 Å². The van der Waals surface area contributed by atoms with Crippen molar-refractivity contribution >= 4 is 29.4 Å². The van der Waals surface area contributed by atoms with Crippen LogP contribution in [0.2, 0.25) is 0 Å². The van der Waals surface area contributed by atoms with Crippen molar-refractivity contribution in [3.8, 4) is 5.75 Å². The standard InChI is InChI=1S/C26H28N2O6/c1-3-33-19-11-9-18(10-12-19)28-24(30)20-13-8-17(14-21(20)25(28)31)26(32)34-15-23(29)27-22-7-5-4-6-16(22)2/h8-14,16,22H,3-7,15H2,1-2H3,(H,27,29). The molecule has 0 aromatic heterocycles. The lowest BCUT2D eigenvalue weighted by atomic mass is 9.86. The van der Waals surface area contributed by atoms with Crippen LogP contribution in [-0.2, 0) is 9.53 Å². The molecule has 4 rings (SSSR count). The molecule has 178 valence electrons. The molecule has 2 aliphatic rings. The van der Waals surface area contributed by atoms with E-state index in [1.165, 1.54) is 18.2 Å². The number of nitrogens with one attached hydrogen (secondary N) is 1. The van der Waals surface area contributed by atoms with Gasteiger partial charge >= 0.3 is 5.97 Å². The van der Waals surface area contributed by atoms with E-state index in [1.54, 1.807) is 24.3 Å². The van der Waals surface area contributed by atoms with Crippen LogP contribution < -0.4 is 15.0 Å². The molecule has 1 heterocycles. The van der Waals surface area contributed by atoms with Gasteiger partial charge in [-0.25, -0.2) is 9.69 Å². The molecule has 1 fully saturated rings. The Morgan fingerprint density at radius 1 is 1.00 bits per heavy atom. The summed E-state index contributed by atoms with van der Waals surface area (Å²) in [7, 11) is 0. The van der Waals surface area contributed by atoms with Crippen LogP contribution >= 0.6 is 0 Å². The van der Waals surface area contributed by atoms with Crippen molar-refractivity contribution in [2.24, 2.45) is 5.92 Å². The maximum Gasteiger partial charge on any atom is 0.338 e. The second-order valence-corrected chi connectivity index (χ2v) is 8.64. The molecular formula is C26H28N2O6. The van der Waals surface area contributed by atoms with Crippen molar-refractivity contribution in [2.45, 2.75) is 45.6 Å². The number of amides is 3. The van der Waals surface area contributed by atoms with Crippen molar-refractivity contribution in [1.82, 2.24) is 5.32 Å². The zero-order valence-corrected chi connectivity index (χ0v) is 19.3. The van der Waals surface area contributed by atoms with Crippen molar-refractivity contribution < 1.29 is 28.7 Å². The summed E-state index contributed by atoms with van der Waals surface area (Å²) in [5.74, 6) is -1.04. The zero-order valence-electron chi connectivity index (χ0n) is 19.3. The number of benzene rings is 2. The number of fused-ring (bicyclic) bond motifs is 1. The van der Waals surface area contributed by atoms with Gasteiger partial charge < -0.3 is 14.8 Å². The van der Waals surface area contributed by atoms with Crippen LogP contribution in [0.1, 0.15) is 70.6 Å². The van der Waals surface area contributed by atoms with E-state index in [0.29, 0.717) is 24.0 Å². The minimum atomic E-state index is -0.727. The van der Waals surface area contributed by atoms with Gasteiger partial charge in [-0.05, 0) is 68.1 Å². The van der Waals surface area contributed by atoms with Gasteiger partial charge in [-0.15, -0.1) is 0 Å². The quantitative estimate of drug-likeness (QED) is 0.495. The first-order chi connectivity index (χ1) is 16.4. The molecule has 34 heavy (non-hydrogen) atoms. The third kappa shape index (κ3) is 4.81. The van der Waals surface area contributed by atoms with Gasteiger partial charge in [-0.2, -0.15) is 0 Å². The maximum absolute atomic E-state index is 13.0. The Hall–Kier alpha value is -3.68. The van der Waals surface area contributed by atoms with Gasteiger partial charge in [0.1, 0.15) is 5.75 Å². The van der Waals surface area contributed by atoms with Crippen molar-refractivity contribution in [3.63, 3.8) is 0 Å². The van der Waals surface area contributed by atoms with E-state index in [4.69, 9.17) is 9.47 Å². The van der Waals surface area contributed by atoms with Gasteiger partial charge in [0.05, 0.1) is 29.0 Å². The molecule has 2 aromatic rings. The number of carbonyl (C=O) groups is 4. The number of hydrogen-bond acceptors (Lipinski definition) is 6. The Kier molecular flexibility index (Phi) is 6.95. The first kappa shape index (κ1) is 23.5. The van der Waals surface area contributed by atoms with E-state index < -0.39 is 24.4 Å². The van der Waals surface area contributed by atoms with Crippen LogP contribution in [0.15, 0.2) is 42.5 Å². The third-order valence-electron chi connectivity index (χ3n) is 6.32. The van der Waals surface area contributed by atoms with Gasteiger partial charge in [-0.1, -0.05) is 19.8 Å². The van der Waals surface area contributed by atoms with E-state index >= 15 is 0 Å². The topological polar surface area (TPSA) is 102 Å². The van der Waals surface area contributed by atoms with Gasteiger partial charge in [0.25, 0.3) is 17.7 Å². The minimum absolute atomic E-state index is 0.0946. The second kappa shape index (κ2) is 10.1. The molecule has 1 aliphatic heterocycles. The number of anilines is 1. The van der Waals surface area contributed by atoms with Gasteiger partial charge in [-0.3, -0.25) is 14.4 Å². The molecule has 1 N–H and O–H groups in total. The molecule has 0 spiro atoms. The van der Waals surface area contributed by atoms with Crippen LogP contribution in [0.3, 0.4) is 0 Å². The highest BCUT2D eigenvalue weighted by molar-refractivity contribution is 6.34. The Morgan fingerprint density at radius 2 is 1.71 bits per heavy atom. The summed E-state index contributed by atoms with van der Waals surface area (Å²) in [5.41, 5.74) is 0.841. The zero-order chi connectivity index (χ0) is 24.2. The monoisotopic (exact) mass is 464 g/mol. The average molecular weight is 465 g/mol. The number of rotatable bonds is 7. The van der Waals surface area contributed by atoms with Crippen molar-refractivity contribution in [2.75, 3.05) is 18.1 Å². The number of esters is 1. The highest BCUT2D eigenvalue weighted by atomic mass is 16.5. The number of carbonyl (C=O) groups excluding carboxylic acids is 4. The third-order valence-corrected chi connectivity index (χ3v) is 6.32. The summed E-state index contributed by atoms with van der Waals surface area (Å²) in [5, 5.41) is 2.94. The SMILES string of the molecule is CCOc1ccc(N2C(=O)c3ccc(C(=O)OCC(=O)NC4CCCCC4C)cc3C2=O)cc1. The number of ether oxygens (including phenoxy) is 2. The minimum Gasteiger partial charge on any atom is -0.494 e. The predicted octanol–water partition coefficient (Wildman–Crippen LogP) is 3.74. The summed E-state index contributed by atoms with van der Waals surface area (Å²) in [6.07, 6.45) is 4.23. The summed E-state index contributed by atoms with van der Waals surface area (Å²) < 4.78 is 10.6. The molecule has 1 saturated carbocycles. The predicted molar refractivity (Wildman–Crippen MR) is 125 cm³/mol. The lowest BCUT2D eigenvalue weighted by Gasteiger charge is -2.29. The second-order valence-electron chi connectivity index (χ2n) is 8.64. The summed E-state index contributed by atoms with van der Waals surface area (Å²) in [6, 6.07) is 10.9. The summed E-state index contributed by atoms with van der Waals surface area (Å²) in [6.45, 7) is 4.08. The average Bonchev–Trinajstić information content (AvgIpc) is 3.09. The molecule has 0 bridgehead atoms. The molecule has 8 heteroatoms. The molecule has 0 radical (unpaired) electrons. The molecule has 2 unspecified atom stereocenters. The number of nitrogens with zero attached hydrogens (tertiary/aromatic N) is 1. The normalized spacial score (nSPS) is 19.5. The fraction of sp³-hybridized carbons (Fsp3) is 0.385. The Balaban J connectivity index is 1.41. The van der Waals surface area contributed by atoms with E-state index in [9.17, 15) is 19.2 Å². The van der Waals surface area contributed by atoms with Crippen LogP contribution in [0.25, 0.3) is 0 Å². The lowest BCUT2D eigenvalue weighted by molar-refractivity contribution is -0.125. The van der Waals surface area contributed by atoms with Crippen LogP contribution in [0.5, 0.6) is 5.75 Å². The molecule has 2 atom stereocenters.